The van der Waals surface area contributed by atoms with Crippen LogP contribution >= 0.6 is 15.9 Å². The first kappa shape index (κ1) is 27.6. The Kier molecular flexibility index (Phi) is 8.96. The second-order valence-corrected chi connectivity index (χ2v) is 11.5. The lowest BCUT2D eigenvalue weighted by Crippen LogP contribution is -2.61. The van der Waals surface area contributed by atoms with Gasteiger partial charge in [0.05, 0.1) is 23.7 Å². The second-order valence-electron chi connectivity index (χ2n) is 10.6. The third-order valence-corrected chi connectivity index (χ3v) is 8.24. The Balaban J connectivity index is 1.90. The summed E-state index contributed by atoms with van der Waals surface area (Å²) in [5, 5.41) is 11.2. The number of likely N-dealkylation sites (tertiary alicyclic amines) is 1. The van der Waals surface area contributed by atoms with Crippen LogP contribution in [0.2, 0.25) is 0 Å². The lowest BCUT2D eigenvalue weighted by Gasteiger charge is -2.52. The van der Waals surface area contributed by atoms with E-state index in [-0.39, 0.29) is 36.2 Å². The quantitative estimate of drug-likeness (QED) is 0.397. The van der Waals surface area contributed by atoms with Crippen molar-refractivity contribution in [2.24, 2.45) is 0 Å². The molecule has 2 aromatic rings. The molecule has 0 bridgehead atoms. The van der Waals surface area contributed by atoms with Crippen LogP contribution in [0.15, 0.2) is 53.0 Å². The molecule has 2 aliphatic rings. The van der Waals surface area contributed by atoms with E-state index >= 15 is 0 Å². The molecule has 6 nitrogen and oxygen atoms in total. The molecule has 2 aliphatic heterocycles. The number of morpholine rings is 1. The fourth-order valence-electron chi connectivity index (χ4n) is 6.15. The van der Waals surface area contributed by atoms with Crippen molar-refractivity contribution in [2.45, 2.75) is 83.0 Å². The molecule has 4 rings (SSSR count). The predicted molar refractivity (Wildman–Crippen MR) is 148 cm³/mol. The highest BCUT2D eigenvalue weighted by atomic mass is 79.9. The molecule has 0 radical (unpaired) electrons. The number of carbonyl (C=O) groups excluding carboxylic acids is 2. The Labute approximate surface area is 229 Å². The van der Waals surface area contributed by atoms with Gasteiger partial charge in [0, 0.05) is 36.1 Å². The summed E-state index contributed by atoms with van der Waals surface area (Å²) in [5.41, 5.74) is 0.446. The molecule has 2 saturated heterocycles. The number of piperidine rings is 1. The number of hydrogen-bond donors (Lipinski definition) is 1. The number of amides is 2. The Morgan fingerprint density at radius 3 is 2.46 bits per heavy atom. The van der Waals surface area contributed by atoms with Crippen LogP contribution in [-0.4, -0.2) is 58.6 Å². The number of nitrogens with zero attached hydrogens (tertiary/aromatic N) is 2. The molecule has 2 amide bonds. The maximum atomic E-state index is 14.8. The average Bonchev–Trinajstić information content (AvgIpc) is 2.88. The first-order valence-electron chi connectivity index (χ1n) is 13.6. The van der Waals surface area contributed by atoms with E-state index in [0.29, 0.717) is 31.6 Å². The van der Waals surface area contributed by atoms with Crippen molar-refractivity contribution in [2.75, 3.05) is 19.6 Å². The molecular weight excluding hydrogens is 532 g/mol. The minimum absolute atomic E-state index is 0.00358. The first-order valence-corrected chi connectivity index (χ1v) is 14.4. The number of ether oxygens (including phenoxy) is 1. The normalized spacial score (nSPS) is 26.4. The zero-order chi connectivity index (χ0) is 26.6. The van der Waals surface area contributed by atoms with E-state index in [4.69, 9.17) is 4.74 Å². The van der Waals surface area contributed by atoms with Crippen LogP contribution < -0.4 is 0 Å². The van der Waals surface area contributed by atoms with E-state index < -0.39 is 11.5 Å². The van der Waals surface area contributed by atoms with Crippen molar-refractivity contribution in [1.29, 1.82) is 0 Å². The average molecular weight is 572 g/mol. The summed E-state index contributed by atoms with van der Waals surface area (Å²) in [6, 6.07) is 14.5. The molecule has 2 aromatic carbocycles. The van der Waals surface area contributed by atoms with Crippen molar-refractivity contribution in [3.8, 4) is 5.75 Å². The van der Waals surface area contributed by atoms with Gasteiger partial charge in [-0.2, -0.15) is 0 Å². The van der Waals surface area contributed by atoms with E-state index in [2.05, 4.69) is 22.9 Å². The van der Waals surface area contributed by atoms with Crippen molar-refractivity contribution >= 4 is 27.7 Å². The van der Waals surface area contributed by atoms with E-state index in [1.807, 2.05) is 60.0 Å². The summed E-state index contributed by atoms with van der Waals surface area (Å²) in [4.78, 5) is 32.2. The van der Waals surface area contributed by atoms with Crippen LogP contribution in [0.25, 0.3) is 0 Å². The van der Waals surface area contributed by atoms with Crippen LogP contribution in [0.4, 0.5) is 0 Å². The molecule has 4 unspecified atom stereocenters. The maximum Gasteiger partial charge on any atom is 0.235 e. The van der Waals surface area contributed by atoms with Gasteiger partial charge in [-0.05, 0) is 50.5 Å². The molecule has 2 heterocycles. The van der Waals surface area contributed by atoms with Gasteiger partial charge in [0.25, 0.3) is 0 Å². The third kappa shape index (κ3) is 5.73. The van der Waals surface area contributed by atoms with Crippen LogP contribution in [-0.2, 0) is 19.7 Å². The molecule has 0 saturated carbocycles. The van der Waals surface area contributed by atoms with Crippen molar-refractivity contribution < 1.29 is 19.4 Å². The fraction of sp³-hybridized carbons (Fsp3) is 0.533. The lowest BCUT2D eigenvalue weighted by atomic mass is 9.64. The Hall–Kier alpha value is -2.38. The monoisotopic (exact) mass is 570 g/mol. The number of benzene rings is 2. The molecule has 0 aromatic heterocycles. The number of unbranched alkanes of at least 4 members (excludes halogenated alkanes) is 3. The highest BCUT2D eigenvalue weighted by Crippen LogP contribution is 2.52. The zero-order valence-corrected chi connectivity index (χ0v) is 23.7. The number of hydrogen-bond acceptors (Lipinski definition) is 4. The fourth-order valence-corrected chi connectivity index (χ4v) is 6.52. The molecule has 0 aliphatic carbocycles. The van der Waals surface area contributed by atoms with Crippen molar-refractivity contribution in [1.82, 2.24) is 9.80 Å². The highest BCUT2D eigenvalue weighted by Gasteiger charge is 2.56. The van der Waals surface area contributed by atoms with Gasteiger partial charge in [-0.1, -0.05) is 72.4 Å². The Bertz CT molecular complexity index is 1080. The summed E-state index contributed by atoms with van der Waals surface area (Å²) < 4.78 is 6.75. The van der Waals surface area contributed by atoms with Crippen LogP contribution in [0.3, 0.4) is 0 Å². The number of rotatable bonds is 8. The number of phenols is 1. The van der Waals surface area contributed by atoms with Crippen LogP contribution in [0.5, 0.6) is 5.75 Å². The van der Waals surface area contributed by atoms with Gasteiger partial charge in [0.15, 0.2) is 0 Å². The van der Waals surface area contributed by atoms with Gasteiger partial charge in [-0.3, -0.25) is 9.59 Å². The summed E-state index contributed by atoms with van der Waals surface area (Å²) in [7, 11) is 0. The maximum absolute atomic E-state index is 14.8. The minimum Gasteiger partial charge on any atom is -0.508 e. The van der Waals surface area contributed by atoms with Gasteiger partial charge in [0.2, 0.25) is 11.8 Å². The zero-order valence-electron chi connectivity index (χ0n) is 22.2. The van der Waals surface area contributed by atoms with E-state index in [9.17, 15) is 14.7 Å². The summed E-state index contributed by atoms with van der Waals surface area (Å²) in [6.45, 7) is 7.70. The van der Waals surface area contributed by atoms with E-state index in [1.54, 1.807) is 12.1 Å². The Morgan fingerprint density at radius 2 is 1.78 bits per heavy atom. The van der Waals surface area contributed by atoms with Crippen LogP contribution in [0.1, 0.15) is 76.5 Å². The van der Waals surface area contributed by atoms with Crippen molar-refractivity contribution in [3.05, 3.63) is 64.1 Å². The SMILES string of the molecule is CCCCCCN1C(=O)CCC(C(=O)N2CC(C)OC(C)C2)(c2ccccc2)C1c1cc(Br)ccc1O. The molecule has 0 spiro atoms. The standard InChI is InChI=1S/C30H39BrN2O4/c1-4-5-6-10-17-33-27(35)15-16-30(23-11-8-7-9-12-23,28(33)25-18-24(31)13-14-26(25)34)29(36)32-19-21(2)37-22(3)20-32/h7-9,11-14,18,21-22,28,34H,4-6,10,15-17,19-20H2,1-3H3. The van der Waals surface area contributed by atoms with E-state index in [1.165, 1.54) is 0 Å². The lowest BCUT2D eigenvalue weighted by molar-refractivity contribution is -0.159. The molecule has 1 N–H and O–H groups in total. The summed E-state index contributed by atoms with van der Waals surface area (Å²) in [5.74, 6) is 0.123. The minimum atomic E-state index is -1.03. The van der Waals surface area contributed by atoms with Gasteiger partial charge in [-0.25, -0.2) is 0 Å². The number of halogens is 1. The molecule has 37 heavy (non-hydrogen) atoms. The smallest absolute Gasteiger partial charge is 0.235 e. The van der Waals surface area contributed by atoms with Crippen molar-refractivity contribution in [3.63, 3.8) is 0 Å². The van der Waals surface area contributed by atoms with Gasteiger partial charge in [-0.15, -0.1) is 0 Å². The summed E-state index contributed by atoms with van der Waals surface area (Å²) in [6.07, 6.45) is 4.59. The molecule has 2 fully saturated rings. The van der Waals surface area contributed by atoms with Gasteiger partial charge in [0.1, 0.15) is 5.75 Å². The van der Waals surface area contributed by atoms with Crippen LogP contribution in [0, 0.1) is 0 Å². The number of phenolic OH excluding ortho intramolecular Hbond substituents is 1. The largest absolute Gasteiger partial charge is 0.508 e. The predicted octanol–water partition coefficient (Wildman–Crippen LogP) is 5.97. The molecule has 4 atom stereocenters. The third-order valence-electron chi connectivity index (χ3n) is 7.75. The highest BCUT2D eigenvalue weighted by molar-refractivity contribution is 9.10. The second kappa shape index (κ2) is 12.0. The van der Waals surface area contributed by atoms with Gasteiger partial charge >= 0.3 is 0 Å². The van der Waals surface area contributed by atoms with E-state index in [0.717, 1.165) is 35.7 Å². The first-order chi connectivity index (χ1) is 17.8. The Morgan fingerprint density at radius 1 is 1.08 bits per heavy atom. The summed E-state index contributed by atoms with van der Waals surface area (Å²) >= 11 is 3.57. The molecular formula is C30H39BrN2O4. The van der Waals surface area contributed by atoms with Gasteiger partial charge < -0.3 is 19.6 Å². The molecule has 200 valence electrons. The molecule has 7 heteroatoms. The number of carbonyl (C=O) groups is 2. The number of aromatic hydroxyl groups is 1. The topological polar surface area (TPSA) is 70.1 Å².